The highest BCUT2D eigenvalue weighted by molar-refractivity contribution is 5.99. The quantitative estimate of drug-likeness (QED) is 0.778. The minimum Gasteiger partial charge on any atom is -0.447 e. The van der Waals surface area contributed by atoms with Crippen molar-refractivity contribution in [3.8, 4) is 0 Å². The lowest BCUT2D eigenvalue weighted by Gasteiger charge is -2.17. The summed E-state index contributed by atoms with van der Waals surface area (Å²) >= 11 is 0. The Kier molecular flexibility index (Phi) is 3.50. The minimum atomic E-state index is -1.07. The summed E-state index contributed by atoms with van der Waals surface area (Å²) in [5.41, 5.74) is 0.532. The molecule has 0 aliphatic carbocycles. The first-order valence-electron chi connectivity index (χ1n) is 5.72. The number of hydrogen-bond donors (Lipinski definition) is 1. The Morgan fingerprint density at radius 1 is 1.58 bits per heavy atom. The molecule has 1 N–H and O–H groups in total. The van der Waals surface area contributed by atoms with Crippen molar-refractivity contribution in [2.75, 3.05) is 13.1 Å². The molecule has 3 amide bonds. The van der Waals surface area contributed by atoms with Crippen molar-refractivity contribution in [2.24, 2.45) is 0 Å². The fraction of sp³-hybridized carbons (Fsp3) is 0.455. The van der Waals surface area contributed by atoms with Crippen molar-refractivity contribution in [1.29, 1.82) is 0 Å². The van der Waals surface area contributed by atoms with E-state index in [1.165, 1.54) is 13.0 Å². The zero-order chi connectivity index (χ0) is 14.0. The Hall–Kier alpha value is -2.38. The van der Waals surface area contributed by atoms with Crippen molar-refractivity contribution < 1.29 is 23.6 Å². The van der Waals surface area contributed by atoms with Crippen LogP contribution in [0.25, 0.3) is 0 Å². The van der Waals surface area contributed by atoms with Gasteiger partial charge in [0.05, 0.1) is 5.69 Å². The highest BCUT2D eigenvalue weighted by Gasteiger charge is 2.32. The van der Waals surface area contributed by atoms with E-state index in [1.807, 2.05) is 0 Å². The molecule has 1 aromatic heterocycles. The van der Waals surface area contributed by atoms with Gasteiger partial charge in [-0.25, -0.2) is 9.59 Å². The second-order valence-corrected chi connectivity index (χ2v) is 4.10. The van der Waals surface area contributed by atoms with Crippen molar-refractivity contribution in [3.05, 3.63) is 17.5 Å². The van der Waals surface area contributed by atoms with Crippen LogP contribution in [0.3, 0.4) is 0 Å². The number of amides is 3. The molecule has 102 valence electrons. The predicted molar refractivity (Wildman–Crippen MR) is 61.2 cm³/mol. The smallest absolute Gasteiger partial charge is 0.377 e. The average Bonchev–Trinajstić information content (AvgIpc) is 2.97. The predicted octanol–water partition coefficient (Wildman–Crippen LogP) is 0.0801. The van der Waals surface area contributed by atoms with E-state index >= 15 is 0 Å². The second-order valence-electron chi connectivity index (χ2n) is 4.10. The average molecular weight is 267 g/mol. The van der Waals surface area contributed by atoms with Gasteiger partial charge in [-0.05, 0) is 13.8 Å². The summed E-state index contributed by atoms with van der Waals surface area (Å²) < 4.78 is 9.65. The molecule has 1 aromatic rings. The lowest BCUT2D eigenvalue weighted by atomic mass is 10.3. The Labute approximate surface area is 108 Å². The molecule has 0 unspecified atom stereocenters. The van der Waals surface area contributed by atoms with Crippen molar-refractivity contribution in [3.63, 3.8) is 0 Å². The minimum absolute atomic E-state index is 0.0805. The van der Waals surface area contributed by atoms with Crippen LogP contribution in [0.15, 0.2) is 10.6 Å². The molecular weight excluding hydrogens is 254 g/mol. The molecule has 1 saturated heterocycles. The molecule has 8 nitrogen and oxygen atoms in total. The number of carbonyl (C=O) groups is 3. The van der Waals surface area contributed by atoms with E-state index in [0.717, 1.165) is 4.90 Å². The molecule has 1 aliphatic heterocycles. The first-order valence-corrected chi connectivity index (χ1v) is 5.72. The van der Waals surface area contributed by atoms with Crippen LogP contribution in [0, 0.1) is 6.92 Å². The van der Waals surface area contributed by atoms with E-state index < -0.39 is 24.0 Å². The highest BCUT2D eigenvalue weighted by Crippen LogP contribution is 2.09. The van der Waals surface area contributed by atoms with Gasteiger partial charge >= 0.3 is 12.0 Å². The van der Waals surface area contributed by atoms with Gasteiger partial charge in [0.1, 0.15) is 0 Å². The molecule has 8 heteroatoms. The maximum atomic E-state index is 11.9. The third-order valence-electron chi connectivity index (χ3n) is 2.58. The Morgan fingerprint density at radius 3 is 2.84 bits per heavy atom. The number of ether oxygens (including phenoxy) is 1. The first kappa shape index (κ1) is 13.1. The summed E-state index contributed by atoms with van der Waals surface area (Å²) in [7, 11) is 0. The van der Waals surface area contributed by atoms with Crippen LogP contribution in [-0.2, 0) is 9.53 Å². The largest absolute Gasteiger partial charge is 0.447 e. The standard InChI is InChI=1S/C11H13N3O5/c1-6-5-8(19-13-6)10(16)18-7(2)9(15)14-4-3-12-11(14)17/h5,7H,3-4H2,1-2H3,(H,12,17)/t7-/m1/s1. The third-order valence-corrected chi connectivity index (χ3v) is 2.58. The fourth-order valence-electron chi connectivity index (χ4n) is 1.63. The Bertz CT molecular complexity index is 524. The number of hydrogen-bond acceptors (Lipinski definition) is 6. The van der Waals surface area contributed by atoms with Crippen molar-refractivity contribution in [1.82, 2.24) is 15.4 Å². The molecule has 0 saturated carbocycles. The summed E-state index contributed by atoms with van der Waals surface area (Å²) in [6.45, 7) is 3.71. The molecule has 2 rings (SSSR count). The van der Waals surface area contributed by atoms with Crippen LogP contribution in [0.2, 0.25) is 0 Å². The Morgan fingerprint density at radius 2 is 2.32 bits per heavy atom. The van der Waals surface area contributed by atoms with Crippen LogP contribution >= 0.6 is 0 Å². The van der Waals surface area contributed by atoms with Gasteiger partial charge in [-0.15, -0.1) is 0 Å². The number of nitrogens with zero attached hydrogens (tertiary/aromatic N) is 2. The highest BCUT2D eigenvalue weighted by atomic mass is 16.6. The maximum Gasteiger partial charge on any atom is 0.377 e. The summed E-state index contributed by atoms with van der Waals surface area (Å²) in [4.78, 5) is 35.8. The van der Waals surface area contributed by atoms with Gasteiger partial charge in [-0.1, -0.05) is 5.16 Å². The van der Waals surface area contributed by atoms with E-state index in [4.69, 9.17) is 9.26 Å². The topological polar surface area (TPSA) is 102 Å². The lowest BCUT2D eigenvalue weighted by molar-refractivity contribution is -0.136. The van der Waals surface area contributed by atoms with Crippen molar-refractivity contribution >= 4 is 17.9 Å². The van der Waals surface area contributed by atoms with Crippen LogP contribution in [0.1, 0.15) is 23.2 Å². The fourth-order valence-corrected chi connectivity index (χ4v) is 1.63. The van der Waals surface area contributed by atoms with Gasteiger partial charge in [0.25, 0.3) is 5.91 Å². The van der Waals surface area contributed by atoms with E-state index in [1.54, 1.807) is 6.92 Å². The number of rotatable bonds is 3. The van der Waals surface area contributed by atoms with Crippen LogP contribution in [0.4, 0.5) is 4.79 Å². The lowest BCUT2D eigenvalue weighted by Crippen LogP contribution is -2.41. The van der Waals surface area contributed by atoms with Gasteiger partial charge < -0.3 is 14.6 Å². The number of aryl methyl sites for hydroxylation is 1. The van der Waals surface area contributed by atoms with E-state index in [-0.39, 0.29) is 12.3 Å². The van der Waals surface area contributed by atoms with E-state index in [9.17, 15) is 14.4 Å². The Balaban J connectivity index is 1.97. The van der Waals surface area contributed by atoms with Gasteiger partial charge in [0.2, 0.25) is 5.76 Å². The van der Waals surface area contributed by atoms with Gasteiger partial charge in [-0.2, -0.15) is 0 Å². The summed E-state index contributed by atoms with van der Waals surface area (Å²) in [5.74, 6) is -1.44. The summed E-state index contributed by atoms with van der Waals surface area (Å²) in [6.07, 6.45) is -1.07. The number of aromatic nitrogens is 1. The molecule has 0 radical (unpaired) electrons. The summed E-state index contributed by atoms with van der Waals surface area (Å²) in [6, 6.07) is 0.922. The van der Waals surface area contributed by atoms with E-state index in [0.29, 0.717) is 12.2 Å². The van der Waals surface area contributed by atoms with Gasteiger partial charge in [0, 0.05) is 19.2 Å². The number of urea groups is 1. The summed E-state index contributed by atoms with van der Waals surface area (Å²) in [5, 5.41) is 6.03. The number of imide groups is 1. The van der Waals surface area contributed by atoms with Crippen LogP contribution in [0.5, 0.6) is 0 Å². The van der Waals surface area contributed by atoms with Crippen LogP contribution in [-0.4, -0.2) is 47.2 Å². The molecule has 2 heterocycles. The zero-order valence-corrected chi connectivity index (χ0v) is 10.5. The molecular formula is C11H13N3O5. The first-order chi connectivity index (χ1) is 8.99. The monoisotopic (exact) mass is 267 g/mol. The normalized spacial score (nSPS) is 16.1. The molecule has 0 aromatic carbocycles. The number of nitrogens with one attached hydrogen (secondary N) is 1. The van der Waals surface area contributed by atoms with E-state index in [2.05, 4.69) is 10.5 Å². The zero-order valence-electron chi connectivity index (χ0n) is 10.5. The molecule has 19 heavy (non-hydrogen) atoms. The molecule has 0 bridgehead atoms. The number of esters is 1. The van der Waals surface area contributed by atoms with Gasteiger partial charge in [0.15, 0.2) is 6.10 Å². The SMILES string of the molecule is Cc1cc(C(=O)O[C@H](C)C(=O)N2CCNC2=O)on1. The maximum absolute atomic E-state index is 11.9. The number of carbonyl (C=O) groups excluding carboxylic acids is 3. The molecule has 1 fully saturated rings. The van der Waals surface area contributed by atoms with Crippen LogP contribution < -0.4 is 5.32 Å². The molecule has 1 atom stereocenters. The van der Waals surface area contributed by atoms with Crippen molar-refractivity contribution in [2.45, 2.75) is 20.0 Å². The van der Waals surface area contributed by atoms with Gasteiger partial charge in [-0.3, -0.25) is 9.69 Å². The molecule has 1 aliphatic rings. The molecule has 0 spiro atoms. The third kappa shape index (κ3) is 2.72. The second kappa shape index (κ2) is 5.09.